The Morgan fingerprint density at radius 3 is 2.24 bits per heavy atom. The van der Waals surface area contributed by atoms with Crippen molar-refractivity contribution in [1.82, 2.24) is 10.2 Å². The molecule has 1 aliphatic carbocycles. The normalized spacial score (nSPS) is 16.1. The van der Waals surface area contributed by atoms with E-state index in [1.54, 1.807) is 0 Å². The lowest BCUT2D eigenvalue weighted by molar-refractivity contribution is -0.138. The molecule has 1 atom stereocenters. The molecule has 0 aromatic rings. The maximum absolute atomic E-state index is 12.3. The lowest BCUT2D eigenvalue weighted by atomic mass is 9.94. The van der Waals surface area contributed by atoms with Gasteiger partial charge in [-0.05, 0) is 37.0 Å². The van der Waals surface area contributed by atoms with E-state index in [-0.39, 0.29) is 18.4 Å². The second-order valence-corrected chi connectivity index (χ2v) is 7.06. The van der Waals surface area contributed by atoms with Crippen LogP contribution in [0, 0.1) is 17.8 Å². The third kappa shape index (κ3) is 7.34. The van der Waals surface area contributed by atoms with Gasteiger partial charge in [-0.2, -0.15) is 0 Å². The molecule has 0 spiro atoms. The van der Waals surface area contributed by atoms with Crippen LogP contribution in [0.25, 0.3) is 0 Å². The lowest BCUT2D eigenvalue weighted by Gasteiger charge is -2.26. The number of rotatable bonds is 9. The van der Waals surface area contributed by atoms with Crippen LogP contribution < -0.4 is 5.32 Å². The van der Waals surface area contributed by atoms with Gasteiger partial charge in [-0.25, -0.2) is 4.79 Å². The van der Waals surface area contributed by atoms with E-state index in [9.17, 15) is 9.59 Å². The second kappa shape index (κ2) is 8.25. The number of carboxylic acids is 1. The smallest absolute Gasteiger partial charge is 0.317 e. The molecule has 1 unspecified atom stereocenters. The summed E-state index contributed by atoms with van der Waals surface area (Å²) in [4.78, 5) is 25.1. The predicted octanol–water partition coefficient (Wildman–Crippen LogP) is 2.95. The average Bonchev–Trinajstić information content (AvgIpc) is 3.15. The molecule has 0 aliphatic heterocycles. The van der Waals surface area contributed by atoms with Crippen molar-refractivity contribution in [3.8, 4) is 0 Å². The minimum atomic E-state index is -0.795. The van der Waals surface area contributed by atoms with Gasteiger partial charge in [0.1, 0.15) is 0 Å². The summed E-state index contributed by atoms with van der Waals surface area (Å²) in [6, 6.07) is 0.348. The van der Waals surface area contributed by atoms with E-state index in [1.807, 2.05) is 4.90 Å². The summed E-state index contributed by atoms with van der Waals surface area (Å²) in [5.41, 5.74) is 0. The molecule has 1 saturated carbocycles. The van der Waals surface area contributed by atoms with E-state index >= 15 is 0 Å². The third-order valence-electron chi connectivity index (χ3n) is 3.62. The van der Waals surface area contributed by atoms with Crippen LogP contribution in [0.5, 0.6) is 0 Å². The minimum absolute atomic E-state index is 0.00607. The summed E-state index contributed by atoms with van der Waals surface area (Å²) in [7, 11) is 0. The molecule has 21 heavy (non-hydrogen) atoms. The van der Waals surface area contributed by atoms with Crippen LogP contribution in [0.15, 0.2) is 0 Å². The Morgan fingerprint density at radius 2 is 1.81 bits per heavy atom. The standard InChI is InChI=1S/C16H30N2O3/c1-11(2)7-13(8-15(19)20)9-17-16(21)18(10-12(3)4)14-5-6-14/h11-14H,5-10H2,1-4H3,(H,17,21)(H,19,20). The minimum Gasteiger partial charge on any atom is -0.481 e. The van der Waals surface area contributed by atoms with Crippen molar-refractivity contribution in [2.24, 2.45) is 17.8 Å². The topological polar surface area (TPSA) is 69.6 Å². The van der Waals surface area contributed by atoms with Gasteiger partial charge in [0.15, 0.2) is 0 Å². The molecule has 0 heterocycles. The summed E-state index contributed by atoms with van der Waals surface area (Å²) < 4.78 is 0. The summed E-state index contributed by atoms with van der Waals surface area (Å²) >= 11 is 0. The highest BCUT2D eigenvalue weighted by Gasteiger charge is 2.33. The molecular weight excluding hydrogens is 268 g/mol. The summed E-state index contributed by atoms with van der Waals surface area (Å²) in [5, 5.41) is 11.9. The van der Waals surface area contributed by atoms with Gasteiger partial charge < -0.3 is 15.3 Å². The molecule has 5 nitrogen and oxygen atoms in total. The number of aliphatic carboxylic acids is 1. The van der Waals surface area contributed by atoms with Crippen LogP contribution >= 0.6 is 0 Å². The molecular formula is C16H30N2O3. The Labute approximate surface area is 128 Å². The van der Waals surface area contributed by atoms with Gasteiger partial charge in [-0.15, -0.1) is 0 Å². The van der Waals surface area contributed by atoms with Gasteiger partial charge in [-0.1, -0.05) is 27.7 Å². The zero-order valence-corrected chi connectivity index (χ0v) is 13.8. The molecule has 0 bridgehead atoms. The highest BCUT2D eigenvalue weighted by Crippen LogP contribution is 2.27. The fraction of sp³-hybridized carbons (Fsp3) is 0.875. The van der Waals surface area contributed by atoms with Crippen molar-refractivity contribution in [3.05, 3.63) is 0 Å². The number of carbonyl (C=O) groups is 2. The fourth-order valence-electron chi connectivity index (χ4n) is 2.66. The number of nitrogens with one attached hydrogen (secondary N) is 1. The zero-order valence-electron chi connectivity index (χ0n) is 13.8. The van der Waals surface area contributed by atoms with E-state index in [0.717, 1.165) is 25.8 Å². The fourth-order valence-corrected chi connectivity index (χ4v) is 2.66. The molecule has 2 N–H and O–H groups in total. The molecule has 0 aromatic carbocycles. The van der Waals surface area contributed by atoms with E-state index in [2.05, 4.69) is 33.0 Å². The Morgan fingerprint density at radius 1 is 1.19 bits per heavy atom. The van der Waals surface area contributed by atoms with E-state index < -0.39 is 5.97 Å². The number of hydrogen-bond donors (Lipinski definition) is 2. The van der Waals surface area contributed by atoms with Crippen molar-refractivity contribution >= 4 is 12.0 Å². The maximum atomic E-state index is 12.3. The second-order valence-electron chi connectivity index (χ2n) is 7.06. The molecule has 122 valence electrons. The van der Waals surface area contributed by atoms with Crippen molar-refractivity contribution in [2.75, 3.05) is 13.1 Å². The predicted molar refractivity (Wildman–Crippen MR) is 83.2 cm³/mol. The number of urea groups is 1. The Hall–Kier alpha value is -1.26. The van der Waals surface area contributed by atoms with Crippen LogP contribution in [0.4, 0.5) is 4.79 Å². The molecule has 5 heteroatoms. The van der Waals surface area contributed by atoms with Crippen LogP contribution in [-0.4, -0.2) is 41.1 Å². The Bertz CT molecular complexity index is 351. The molecule has 0 radical (unpaired) electrons. The van der Waals surface area contributed by atoms with E-state index in [1.165, 1.54) is 0 Å². The van der Waals surface area contributed by atoms with Crippen LogP contribution in [0.1, 0.15) is 53.4 Å². The molecule has 1 fully saturated rings. The Kier molecular flexibility index (Phi) is 6.99. The highest BCUT2D eigenvalue weighted by molar-refractivity contribution is 5.75. The monoisotopic (exact) mass is 298 g/mol. The summed E-state index contributed by atoms with van der Waals surface area (Å²) in [6.45, 7) is 9.58. The van der Waals surface area contributed by atoms with E-state index in [0.29, 0.717) is 24.4 Å². The molecule has 0 saturated heterocycles. The molecule has 2 amide bonds. The van der Waals surface area contributed by atoms with Gasteiger partial charge in [-0.3, -0.25) is 4.79 Å². The maximum Gasteiger partial charge on any atom is 0.317 e. The lowest BCUT2D eigenvalue weighted by Crippen LogP contribution is -2.45. The summed E-state index contributed by atoms with van der Waals surface area (Å²) in [6.07, 6.45) is 3.11. The largest absolute Gasteiger partial charge is 0.481 e. The van der Waals surface area contributed by atoms with Gasteiger partial charge in [0.05, 0.1) is 0 Å². The summed E-state index contributed by atoms with van der Waals surface area (Å²) in [5.74, 6) is 0.0889. The van der Waals surface area contributed by atoms with Gasteiger partial charge in [0, 0.05) is 25.6 Å². The van der Waals surface area contributed by atoms with Crippen LogP contribution in [0.2, 0.25) is 0 Å². The number of nitrogens with zero attached hydrogens (tertiary/aromatic N) is 1. The van der Waals surface area contributed by atoms with Crippen LogP contribution in [-0.2, 0) is 4.79 Å². The average molecular weight is 298 g/mol. The SMILES string of the molecule is CC(C)CC(CNC(=O)N(CC(C)C)C1CC1)CC(=O)O. The first kappa shape index (κ1) is 17.8. The van der Waals surface area contributed by atoms with Crippen molar-refractivity contribution < 1.29 is 14.7 Å². The van der Waals surface area contributed by atoms with E-state index in [4.69, 9.17) is 5.11 Å². The molecule has 0 aromatic heterocycles. The molecule has 1 rings (SSSR count). The number of carbonyl (C=O) groups excluding carboxylic acids is 1. The van der Waals surface area contributed by atoms with Gasteiger partial charge in [0.2, 0.25) is 0 Å². The van der Waals surface area contributed by atoms with Crippen molar-refractivity contribution in [3.63, 3.8) is 0 Å². The Balaban J connectivity index is 2.48. The highest BCUT2D eigenvalue weighted by atomic mass is 16.4. The third-order valence-corrected chi connectivity index (χ3v) is 3.62. The van der Waals surface area contributed by atoms with Crippen LogP contribution in [0.3, 0.4) is 0 Å². The first-order valence-electron chi connectivity index (χ1n) is 8.05. The zero-order chi connectivity index (χ0) is 16.0. The van der Waals surface area contributed by atoms with Gasteiger partial charge >= 0.3 is 12.0 Å². The first-order valence-corrected chi connectivity index (χ1v) is 8.05. The van der Waals surface area contributed by atoms with Crippen molar-refractivity contribution in [1.29, 1.82) is 0 Å². The van der Waals surface area contributed by atoms with Gasteiger partial charge in [0.25, 0.3) is 0 Å². The first-order chi connectivity index (χ1) is 9.79. The van der Waals surface area contributed by atoms with Crippen molar-refractivity contribution in [2.45, 2.75) is 59.4 Å². The number of hydrogen-bond acceptors (Lipinski definition) is 2. The number of carboxylic acid groups (broad SMARTS) is 1. The number of amides is 2. The molecule has 1 aliphatic rings. The quantitative estimate of drug-likeness (QED) is 0.687.